The number of benzene rings is 2. The van der Waals surface area contributed by atoms with Gasteiger partial charge in [0.2, 0.25) is 11.8 Å². The Kier molecular flexibility index (Phi) is 4.49. The van der Waals surface area contributed by atoms with E-state index in [4.69, 9.17) is 0 Å². The lowest BCUT2D eigenvalue weighted by molar-refractivity contribution is -0.120. The summed E-state index contributed by atoms with van der Waals surface area (Å²) in [7, 11) is -1.54. The molecule has 1 aliphatic rings. The number of para-hydroxylation sites is 1. The molecule has 5 nitrogen and oxygen atoms in total. The van der Waals surface area contributed by atoms with Crippen LogP contribution in [0.4, 0.5) is 11.4 Å². The summed E-state index contributed by atoms with van der Waals surface area (Å²) in [6, 6.07) is 12.6. The Morgan fingerprint density at radius 1 is 1.17 bits per heavy atom. The van der Waals surface area contributed by atoms with Crippen molar-refractivity contribution in [2.24, 2.45) is 0 Å². The highest BCUT2D eigenvalue weighted by Gasteiger charge is 2.34. The van der Waals surface area contributed by atoms with E-state index in [1.165, 1.54) is 0 Å². The summed E-state index contributed by atoms with van der Waals surface area (Å²) in [5, 5.41) is 4.60. The minimum absolute atomic E-state index is 0.125. The zero-order valence-electron chi connectivity index (χ0n) is 13.5. The van der Waals surface area contributed by atoms with Gasteiger partial charge in [-0.1, -0.05) is 18.2 Å². The second-order valence-electron chi connectivity index (χ2n) is 5.82. The number of amides is 2. The summed E-state index contributed by atoms with van der Waals surface area (Å²) in [6.45, 7) is 3.96. The van der Waals surface area contributed by atoms with Gasteiger partial charge in [-0.05, 0) is 49.2 Å². The minimum Gasteiger partial charge on any atom is -0.326 e. The number of hydrogen-bond donors (Lipinski definition) is 2. The smallest absolute Gasteiger partial charge is 0.241 e. The van der Waals surface area contributed by atoms with Crippen LogP contribution < -0.4 is 10.6 Å². The number of carbonyl (C=O) groups is 2. The zero-order chi connectivity index (χ0) is 17.3. The molecule has 0 fully saturated rings. The molecule has 124 valence electrons. The number of anilines is 2. The predicted molar refractivity (Wildman–Crippen MR) is 94.4 cm³/mol. The molecule has 2 aromatic carbocycles. The molecular formula is C18H18N2O3S. The number of nitrogens with one attached hydrogen (secondary N) is 2. The minimum atomic E-state index is -1.54. The Hall–Kier alpha value is -2.47. The Balaban J connectivity index is 1.73. The third kappa shape index (κ3) is 3.23. The number of rotatable bonds is 3. The summed E-state index contributed by atoms with van der Waals surface area (Å²) < 4.78 is 12.6. The van der Waals surface area contributed by atoms with Crippen LogP contribution in [0.1, 0.15) is 17.5 Å². The second-order valence-corrected chi connectivity index (χ2v) is 7.43. The van der Waals surface area contributed by atoms with Gasteiger partial charge in [-0.25, -0.2) is 0 Å². The summed E-state index contributed by atoms with van der Waals surface area (Å²) >= 11 is 0. The molecule has 0 saturated carbocycles. The van der Waals surface area contributed by atoms with E-state index in [9.17, 15) is 13.8 Å². The predicted octanol–water partition coefficient (Wildman–Crippen LogP) is 2.76. The lowest BCUT2D eigenvalue weighted by Gasteiger charge is -2.23. The molecule has 0 spiro atoms. The van der Waals surface area contributed by atoms with Crippen LogP contribution in [-0.2, 0) is 20.4 Å². The normalized spacial score (nSPS) is 19.3. The molecule has 2 N–H and O–H groups in total. The van der Waals surface area contributed by atoms with E-state index in [0.29, 0.717) is 16.3 Å². The first-order chi connectivity index (χ1) is 11.5. The molecule has 0 aromatic heterocycles. The van der Waals surface area contributed by atoms with Crippen molar-refractivity contribution in [2.75, 3.05) is 10.6 Å². The molecule has 2 amide bonds. The van der Waals surface area contributed by atoms with Crippen LogP contribution in [0.5, 0.6) is 0 Å². The molecule has 0 unspecified atom stereocenters. The van der Waals surface area contributed by atoms with E-state index in [2.05, 4.69) is 10.6 Å². The van der Waals surface area contributed by atoms with Gasteiger partial charge < -0.3 is 10.6 Å². The van der Waals surface area contributed by atoms with Crippen molar-refractivity contribution < 1.29 is 13.8 Å². The van der Waals surface area contributed by atoms with Crippen LogP contribution in [0.3, 0.4) is 0 Å². The molecule has 1 aliphatic heterocycles. The van der Waals surface area contributed by atoms with Crippen LogP contribution in [-0.4, -0.2) is 21.3 Å². The fourth-order valence-corrected chi connectivity index (χ4v) is 3.99. The van der Waals surface area contributed by atoms with Crippen molar-refractivity contribution in [2.45, 2.75) is 30.4 Å². The number of fused-ring (bicyclic) bond motifs is 1. The highest BCUT2D eigenvalue weighted by Crippen LogP contribution is 2.28. The average Bonchev–Trinajstić information content (AvgIpc) is 2.55. The Bertz CT molecular complexity index is 848. The maximum atomic E-state index is 12.6. The molecular weight excluding hydrogens is 324 g/mol. The summed E-state index contributed by atoms with van der Waals surface area (Å²) in [5.41, 5.74) is 3.43. The van der Waals surface area contributed by atoms with Gasteiger partial charge in [0.05, 0.1) is 27.8 Å². The van der Waals surface area contributed by atoms with Crippen molar-refractivity contribution >= 4 is 34.0 Å². The molecule has 24 heavy (non-hydrogen) atoms. The number of aryl methyl sites for hydroxylation is 2. The van der Waals surface area contributed by atoms with E-state index in [1.54, 1.807) is 24.3 Å². The zero-order valence-corrected chi connectivity index (χ0v) is 14.3. The Morgan fingerprint density at radius 3 is 2.67 bits per heavy atom. The molecule has 0 bridgehead atoms. The van der Waals surface area contributed by atoms with Crippen molar-refractivity contribution in [3.63, 3.8) is 0 Å². The molecule has 0 saturated heterocycles. The molecule has 2 aromatic rings. The Labute approximate surface area is 142 Å². The van der Waals surface area contributed by atoms with Gasteiger partial charge in [0.25, 0.3) is 0 Å². The summed E-state index contributed by atoms with van der Waals surface area (Å²) in [5.74, 6) is -0.714. The first kappa shape index (κ1) is 16.4. The maximum Gasteiger partial charge on any atom is 0.241 e. The van der Waals surface area contributed by atoms with Gasteiger partial charge >= 0.3 is 0 Å². The van der Waals surface area contributed by atoms with Gasteiger partial charge in [0.1, 0.15) is 5.25 Å². The fourth-order valence-electron chi connectivity index (χ4n) is 2.58. The van der Waals surface area contributed by atoms with E-state index in [-0.39, 0.29) is 18.2 Å². The van der Waals surface area contributed by atoms with E-state index < -0.39 is 16.0 Å². The SMILES string of the molecule is Cc1ccc(NC(=O)C[C@@H]2C(=O)Nc3ccccc3[S@]2=O)cc1C. The van der Waals surface area contributed by atoms with Crippen molar-refractivity contribution in [1.82, 2.24) is 0 Å². The van der Waals surface area contributed by atoms with E-state index >= 15 is 0 Å². The van der Waals surface area contributed by atoms with Crippen LogP contribution >= 0.6 is 0 Å². The number of carbonyl (C=O) groups excluding carboxylic acids is 2. The van der Waals surface area contributed by atoms with Crippen molar-refractivity contribution in [3.8, 4) is 0 Å². The van der Waals surface area contributed by atoms with Crippen LogP contribution in [0.25, 0.3) is 0 Å². The van der Waals surface area contributed by atoms with Gasteiger partial charge in [0, 0.05) is 5.69 Å². The van der Waals surface area contributed by atoms with E-state index in [0.717, 1.165) is 11.1 Å². The van der Waals surface area contributed by atoms with Gasteiger partial charge in [-0.2, -0.15) is 0 Å². The molecule has 2 atom stereocenters. The van der Waals surface area contributed by atoms with Crippen molar-refractivity contribution in [1.29, 1.82) is 0 Å². The Morgan fingerprint density at radius 2 is 1.92 bits per heavy atom. The van der Waals surface area contributed by atoms with E-state index in [1.807, 2.05) is 32.0 Å². The lowest BCUT2D eigenvalue weighted by atomic mass is 10.1. The first-order valence-electron chi connectivity index (χ1n) is 7.63. The third-order valence-corrected chi connectivity index (χ3v) is 5.76. The molecule has 1 heterocycles. The first-order valence-corrected chi connectivity index (χ1v) is 8.84. The summed E-state index contributed by atoms with van der Waals surface area (Å²) in [4.78, 5) is 25.0. The third-order valence-electron chi connectivity index (χ3n) is 4.07. The highest BCUT2D eigenvalue weighted by molar-refractivity contribution is 7.86. The summed E-state index contributed by atoms with van der Waals surface area (Å²) in [6.07, 6.45) is -0.125. The maximum absolute atomic E-state index is 12.6. The highest BCUT2D eigenvalue weighted by atomic mass is 32.2. The number of hydrogen-bond acceptors (Lipinski definition) is 3. The quantitative estimate of drug-likeness (QED) is 0.900. The lowest BCUT2D eigenvalue weighted by Crippen LogP contribution is -2.39. The van der Waals surface area contributed by atoms with Gasteiger partial charge in [-0.3, -0.25) is 13.8 Å². The molecule has 0 radical (unpaired) electrons. The molecule has 3 rings (SSSR count). The molecule has 6 heteroatoms. The monoisotopic (exact) mass is 342 g/mol. The standard InChI is InChI=1S/C18H18N2O3S/c1-11-7-8-13(9-12(11)2)19-17(21)10-16-18(22)20-14-5-3-4-6-15(14)24(16)23/h3-9,16H,10H2,1-2H3,(H,19,21)(H,20,22)/t16-,24-/m1/s1. The van der Waals surface area contributed by atoms with Crippen LogP contribution in [0, 0.1) is 13.8 Å². The average molecular weight is 342 g/mol. The van der Waals surface area contributed by atoms with Crippen molar-refractivity contribution in [3.05, 3.63) is 53.6 Å². The van der Waals surface area contributed by atoms with Gasteiger partial charge in [-0.15, -0.1) is 0 Å². The fraction of sp³-hybridized carbons (Fsp3) is 0.222. The van der Waals surface area contributed by atoms with Gasteiger partial charge in [0.15, 0.2) is 0 Å². The second kappa shape index (κ2) is 6.57. The van der Waals surface area contributed by atoms with Crippen LogP contribution in [0.15, 0.2) is 47.4 Å². The largest absolute Gasteiger partial charge is 0.326 e. The topological polar surface area (TPSA) is 75.3 Å². The molecule has 0 aliphatic carbocycles. The van der Waals surface area contributed by atoms with Crippen LogP contribution in [0.2, 0.25) is 0 Å².